The minimum absolute atomic E-state index is 0.0756. The predicted octanol–water partition coefficient (Wildman–Crippen LogP) is 11.0. The van der Waals surface area contributed by atoms with Crippen LogP contribution in [0.15, 0.2) is 127 Å². The van der Waals surface area contributed by atoms with Crippen LogP contribution in [0.5, 0.6) is 17.2 Å². The molecule has 0 spiro atoms. The summed E-state index contributed by atoms with van der Waals surface area (Å²) in [6, 6.07) is 30.4. The largest absolute Gasteiger partial charge is 0.497 e. The molecule has 1 unspecified atom stereocenters. The molecule has 0 N–H and O–H groups in total. The molecule has 0 amide bonds. The van der Waals surface area contributed by atoms with Crippen molar-refractivity contribution in [2.75, 3.05) is 7.11 Å². The molecule has 0 saturated carbocycles. The van der Waals surface area contributed by atoms with E-state index in [-0.39, 0.29) is 17.8 Å². The lowest BCUT2D eigenvalue weighted by Crippen LogP contribution is -2.11. The third-order valence-electron chi connectivity index (χ3n) is 8.25. The lowest BCUT2D eigenvalue weighted by molar-refractivity contribution is 0.414. The van der Waals surface area contributed by atoms with Gasteiger partial charge in [0.25, 0.3) is 12.5 Å². The molecule has 4 rings (SSSR count). The highest BCUT2D eigenvalue weighted by molar-refractivity contribution is 6.05. The van der Waals surface area contributed by atoms with Gasteiger partial charge in [0, 0.05) is 11.5 Å². The minimum Gasteiger partial charge on any atom is -0.497 e. The molecule has 0 saturated heterocycles. The normalized spacial score (nSPS) is 12.7. The van der Waals surface area contributed by atoms with E-state index in [0.29, 0.717) is 11.5 Å². The summed E-state index contributed by atoms with van der Waals surface area (Å²) >= 11 is 0. The summed E-state index contributed by atoms with van der Waals surface area (Å²) in [6.45, 7) is 14.5. The summed E-state index contributed by atoms with van der Waals surface area (Å²) in [5, 5.41) is 19.0. The van der Waals surface area contributed by atoms with Crippen LogP contribution in [0.25, 0.3) is 11.1 Å². The molecule has 4 aromatic carbocycles. The van der Waals surface area contributed by atoms with Gasteiger partial charge in [-0.2, -0.15) is 0 Å². The number of hydrogen-bond acceptors (Lipinski definition) is 5. The maximum Gasteiger partial charge on any atom is 0.292 e. The van der Waals surface area contributed by atoms with E-state index in [1.165, 1.54) is 0 Å². The SMILES string of the molecule is C=C/C=C(\C=C/C)C(=C(\c1ccccc1)c1ccc(OC#N)c(C(c2ccc(OC)cc2)C(C)C)c1)/c1ccc(OC#N)c(C(C)C)c1. The molecule has 0 aliphatic carbocycles. The molecular weight excluding hydrogens is 592 g/mol. The highest BCUT2D eigenvalue weighted by Gasteiger charge is 2.26. The topological polar surface area (TPSA) is 75.3 Å². The molecule has 0 heterocycles. The molecule has 5 nitrogen and oxygen atoms in total. The molecule has 0 radical (unpaired) electrons. The maximum absolute atomic E-state index is 9.67. The van der Waals surface area contributed by atoms with Crippen LogP contribution in [0.2, 0.25) is 0 Å². The lowest BCUT2D eigenvalue weighted by atomic mass is 9.79. The second-order valence-electron chi connectivity index (χ2n) is 12.0. The molecule has 242 valence electrons. The molecule has 0 aliphatic heterocycles. The van der Waals surface area contributed by atoms with Crippen LogP contribution in [0, 0.1) is 29.0 Å². The summed E-state index contributed by atoms with van der Waals surface area (Å²) in [5.74, 6) is 2.04. The average Bonchev–Trinajstić information content (AvgIpc) is 3.09. The smallest absolute Gasteiger partial charge is 0.292 e. The maximum atomic E-state index is 9.67. The molecule has 0 bridgehead atoms. The van der Waals surface area contributed by atoms with Gasteiger partial charge in [0.05, 0.1) is 7.11 Å². The Morgan fingerprint density at radius 2 is 1.35 bits per heavy atom. The number of rotatable bonds is 13. The minimum atomic E-state index is -0.0756. The zero-order chi connectivity index (χ0) is 34.6. The zero-order valence-electron chi connectivity index (χ0n) is 28.5. The van der Waals surface area contributed by atoms with Crippen molar-refractivity contribution in [3.05, 3.63) is 161 Å². The van der Waals surface area contributed by atoms with E-state index in [2.05, 4.69) is 76.7 Å². The zero-order valence-corrected chi connectivity index (χ0v) is 28.5. The van der Waals surface area contributed by atoms with Gasteiger partial charge in [-0.3, -0.25) is 0 Å². The van der Waals surface area contributed by atoms with Crippen LogP contribution in [-0.4, -0.2) is 7.11 Å². The van der Waals surface area contributed by atoms with Gasteiger partial charge >= 0.3 is 0 Å². The molecule has 0 aliphatic rings. The highest BCUT2D eigenvalue weighted by Crippen LogP contribution is 2.44. The Hall–Kier alpha value is -5.78. The quantitative estimate of drug-likeness (QED) is 0.0831. The Morgan fingerprint density at radius 3 is 1.90 bits per heavy atom. The van der Waals surface area contributed by atoms with Crippen LogP contribution < -0.4 is 14.2 Å². The molecule has 0 aromatic heterocycles. The lowest BCUT2D eigenvalue weighted by Gasteiger charge is -2.26. The number of methoxy groups -OCH3 is 1. The van der Waals surface area contributed by atoms with Crippen molar-refractivity contribution in [2.24, 2.45) is 5.92 Å². The Balaban J connectivity index is 2.16. The monoisotopic (exact) mass is 634 g/mol. The first-order chi connectivity index (χ1) is 23.3. The third-order valence-corrected chi connectivity index (χ3v) is 8.25. The fourth-order valence-electron chi connectivity index (χ4n) is 6.17. The Kier molecular flexibility index (Phi) is 12.2. The van der Waals surface area contributed by atoms with Crippen molar-refractivity contribution in [1.29, 1.82) is 10.5 Å². The first-order valence-corrected chi connectivity index (χ1v) is 16.1. The van der Waals surface area contributed by atoms with Crippen LogP contribution in [0.1, 0.15) is 79.8 Å². The van der Waals surface area contributed by atoms with Gasteiger partial charge in [-0.25, -0.2) is 0 Å². The number of hydrogen-bond donors (Lipinski definition) is 0. The number of nitriles is 2. The molecular formula is C43H42N2O3. The van der Waals surface area contributed by atoms with Crippen molar-refractivity contribution in [2.45, 2.75) is 46.5 Å². The first-order valence-electron chi connectivity index (χ1n) is 16.1. The third kappa shape index (κ3) is 7.95. The van der Waals surface area contributed by atoms with Gasteiger partial charge in [0.1, 0.15) is 17.2 Å². The van der Waals surface area contributed by atoms with E-state index in [0.717, 1.165) is 55.8 Å². The van der Waals surface area contributed by atoms with Crippen LogP contribution in [0.3, 0.4) is 0 Å². The van der Waals surface area contributed by atoms with Gasteiger partial charge in [-0.1, -0.05) is 113 Å². The predicted molar refractivity (Wildman–Crippen MR) is 195 cm³/mol. The van der Waals surface area contributed by atoms with Crippen molar-refractivity contribution in [1.82, 2.24) is 0 Å². The summed E-state index contributed by atoms with van der Waals surface area (Å²) in [5.41, 5.74) is 8.79. The van der Waals surface area contributed by atoms with Gasteiger partial charge in [-0.15, -0.1) is 10.5 Å². The van der Waals surface area contributed by atoms with Crippen molar-refractivity contribution in [3.63, 3.8) is 0 Å². The number of ether oxygens (including phenoxy) is 3. The number of benzene rings is 4. The second-order valence-corrected chi connectivity index (χ2v) is 12.0. The van der Waals surface area contributed by atoms with Crippen LogP contribution >= 0.6 is 0 Å². The van der Waals surface area contributed by atoms with Crippen LogP contribution in [-0.2, 0) is 0 Å². The van der Waals surface area contributed by atoms with E-state index in [1.807, 2.05) is 86.2 Å². The van der Waals surface area contributed by atoms with Crippen molar-refractivity contribution >= 4 is 11.1 Å². The molecule has 0 fully saturated rings. The summed E-state index contributed by atoms with van der Waals surface area (Å²) in [6.07, 6.45) is 11.6. The number of allylic oxidation sites excluding steroid dienone is 6. The van der Waals surface area contributed by atoms with Crippen molar-refractivity contribution < 1.29 is 14.2 Å². The van der Waals surface area contributed by atoms with Gasteiger partial charge < -0.3 is 14.2 Å². The standard InChI is InChI=1S/C43H42N2O3/c1-8-13-31(14-9-2)42(34-19-23-39(47-27-44)37(25-34)29(3)4)43(32-15-11-10-12-16-32)35-20-24-40(48-28-45)38(26-35)41(30(5)6)33-17-21-36(46-7)22-18-33/h8-26,29-30,41H,1H2,2-7H3/b14-9-,31-13+,43-42-. The first kappa shape index (κ1) is 35.1. The summed E-state index contributed by atoms with van der Waals surface area (Å²) in [7, 11) is 1.66. The summed E-state index contributed by atoms with van der Waals surface area (Å²) < 4.78 is 16.4. The van der Waals surface area contributed by atoms with E-state index in [4.69, 9.17) is 14.2 Å². The van der Waals surface area contributed by atoms with Crippen LogP contribution in [0.4, 0.5) is 0 Å². The fourth-order valence-corrected chi connectivity index (χ4v) is 6.17. The second kappa shape index (κ2) is 16.7. The molecule has 1 atom stereocenters. The van der Waals surface area contributed by atoms with E-state index in [9.17, 15) is 10.5 Å². The van der Waals surface area contributed by atoms with E-state index in [1.54, 1.807) is 13.2 Å². The van der Waals surface area contributed by atoms with Gasteiger partial charge in [0.15, 0.2) is 0 Å². The van der Waals surface area contributed by atoms with E-state index < -0.39 is 0 Å². The Labute approximate surface area is 285 Å². The van der Waals surface area contributed by atoms with Crippen molar-refractivity contribution in [3.8, 4) is 29.8 Å². The summed E-state index contributed by atoms with van der Waals surface area (Å²) in [4.78, 5) is 0. The molecule has 48 heavy (non-hydrogen) atoms. The number of nitrogens with zero attached hydrogens (tertiary/aromatic N) is 2. The highest BCUT2D eigenvalue weighted by atomic mass is 16.5. The molecule has 4 aromatic rings. The average molecular weight is 635 g/mol. The van der Waals surface area contributed by atoms with Gasteiger partial charge in [0.2, 0.25) is 0 Å². The Bertz CT molecular complexity index is 1900. The fraction of sp³-hybridized carbons (Fsp3) is 0.209. The Morgan fingerprint density at radius 1 is 0.750 bits per heavy atom. The molecule has 5 heteroatoms. The van der Waals surface area contributed by atoms with E-state index >= 15 is 0 Å². The van der Waals surface area contributed by atoms with Gasteiger partial charge in [-0.05, 0) is 99.7 Å².